The highest BCUT2D eigenvalue weighted by Gasteiger charge is 2.29. The minimum absolute atomic E-state index is 0.0945. The third kappa shape index (κ3) is 3.29. The third-order valence-corrected chi connectivity index (χ3v) is 4.63. The van der Waals surface area contributed by atoms with Gasteiger partial charge < -0.3 is 5.11 Å². The van der Waals surface area contributed by atoms with Crippen molar-refractivity contribution < 1.29 is 9.68 Å². The van der Waals surface area contributed by atoms with Crippen molar-refractivity contribution in [1.82, 2.24) is 0 Å². The molecular weight excluding hydrogens is 242 g/mol. The number of nitrogens with zero attached hydrogens (tertiary/aromatic N) is 1. The van der Waals surface area contributed by atoms with E-state index in [0.29, 0.717) is 5.23 Å². The zero-order chi connectivity index (χ0) is 13.0. The van der Waals surface area contributed by atoms with E-state index in [1.165, 1.54) is 24.8 Å². The molecule has 0 radical (unpaired) electrons. The molecule has 1 fully saturated rings. The van der Waals surface area contributed by atoms with Crippen LogP contribution in [0.25, 0.3) is 0 Å². The van der Waals surface area contributed by atoms with E-state index in [0.717, 1.165) is 13.1 Å². The van der Waals surface area contributed by atoms with E-state index in [9.17, 15) is 5.11 Å². The highest BCUT2D eigenvalue weighted by molar-refractivity contribution is 8.13. The molecule has 18 heavy (non-hydrogen) atoms. The van der Waals surface area contributed by atoms with Crippen molar-refractivity contribution in [1.29, 1.82) is 0 Å². The van der Waals surface area contributed by atoms with Gasteiger partial charge in [-0.3, -0.25) is 0 Å². The molecule has 0 bridgehead atoms. The first-order chi connectivity index (χ1) is 8.59. The van der Waals surface area contributed by atoms with Gasteiger partial charge in [0.25, 0.3) is 0 Å². The molecule has 1 aliphatic heterocycles. The Morgan fingerprint density at radius 2 is 1.72 bits per heavy atom. The van der Waals surface area contributed by atoms with Gasteiger partial charge in [-0.1, -0.05) is 30.3 Å². The van der Waals surface area contributed by atoms with E-state index < -0.39 is 0 Å². The van der Waals surface area contributed by atoms with E-state index in [-0.39, 0.29) is 4.75 Å². The molecule has 1 aromatic carbocycles. The van der Waals surface area contributed by atoms with Crippen LogP contribution in [0.2, 0.25) is 0 Å². The van der Waals surface area contributed by atoms with Crippen LogP contribution in [0.1, 0.15) is 38.7 Å². The summed E-state index contributed by atoms with van der Waals surface area (Å²) >= 11 is 1.56. The summed E-state index contributed by atoms with van der Waals surface area (Å²) in [6.07, 6.45) is 3.67. The van der Waals surface area contributed by atoms with Crippen molar-refractivity contribution in [3.63, 3.8) is 0 Å². The fourth-order valence-corrected chi connectivity index (χ4v) is 3.30. The molecule has 0 saturated carbocycles. The van der Waals surface area contributed by atoms with Crippen LogP contribution in [0.4, 0.5) is 0 Å². The molecular formula is C15H22NOS+. The first-order valence-electron chi connectivity index (χ1n) is 6.65. The summed E-state index contributed by atoms with van der Waals surface area (Å²) in [7, 11) is 0. The molecule has 1 saturated heterocycles. The number of thioether (sulfide) groups is 1. The quantitative estimate of drug-likeness (QED) is 0.649. The number of benzene rings is 1. The molecule has 2 nitrogen and oxygen atoms in total. The second-order valence-corrected chi connectivity index (χ2v) is 6.90. The van der Waals surface area contributed by atoms with Gasteiger partial charge in [0.2, 0.25) is 0 Å². The Morgan fingerprint density at radius 1 is 1.11 bits per heavy atom. The van der Waals surface area contributed by atoms with Crippen molar-refractivity contribution in [3.05, 3.63) is 35.9 Å². The van der Waals surface area contributed by atoms with Crippen LogP contribution < -0.4 is 0 Å². The smallest absolute Gasteiger partial charge is 0.398 e. The second-order valence-electron chi connectivity index (χ2n) is 5.31. The fraction of sp³-hybridized carbons (Fsp3) is 0.533. The normalized spacial score (nSPS) is 16.7. The molecule has 0 amide bonds. The van der Waals surface area contributed by atoms with Crippen LogP contribution in [0.15, 0.2) is 30.3 Å². The number of rotatable bonds is 2. The van der Waals surface area contributed by atoms with Gasteiger partial charge in [0.15, 0.2) is 0 Å². The van der Waals surface area contributed by atoms with Crippen molar-refractivity contribution in [2.75, 3.05) is 13.1 Å². The van der Waals surface area contributed by atoms with E-state index in [2.05, 4.69) is 42.7 Å². The topological polar surface area (TPSA) is 23.2 Å². The summed E-state index contributed by atoms with van der Waals surface area (Å²) in [5.74, 6) is 0. The molecule has 98 valence electrons. The van der Waals surface area contributed by atoms with E-state index >= 15 is 0 Å². The van der Waals surface area contributed by atoms with E-state index in [1.54, 1.807) is 11.8 Å². The zero-order valence-corrected chi connectivity index (χ0v) is 12.0. The molecule has 0 spiro atoms. The lowest BCUT2D eigenvalue weighted by Crippen LogP contribution is -2.28. The molecule has 3 heteroatoms. The highest BCUT2D eigenvalue weighted by Crippen LogP contribution is 2.35. The van der Waals surface area contributed by atoms with Gasteiger partial charge in [0, 0.05) is 17.6 Å². The number of piperidine rings is 1. The maximum absolute atomic E-state index is 10.3. The SMILES string of the molecule is CC(C)(SC(O)=[N+]1CCCCC1)c1ccccc1. The summed E-state index contributed by atoms with van der Waals surface area (Å²) in [4.78, 5) is 0. The average molecular weight is 264 g/mol. The lowest BCUT2D eigenvalue weighted by atomic mass is 10.0. The van der Waals surface area contributed by atoms with Crippen molar-refractivity contribution in [3.8, 4) is 0 Å². The predicted octanol–water partition coefficient (Wildman–Crippen LogP) is 3.77. The standard InChI is InChI=1S/C15H21NOS/c1-15(2,13-9-5-3-6-10-13)18-14(17)16-11-7-4-8-12-16/h3,5-6,9-10H,4,7-8,11-12H2,1-2H3/p+1. The lowest BCUT2D eigenvalue weighted by molar-refractivity contribution is -0.541. The van der Waals surface area contributed by atoms with Crippen molar-refractivity contribution >= 4 is 17.0 Å². The predicted molar refractivity (Wildman–Crippen MR) is 78.5 cm³/mol. The molecule has 0 aromatic heterocycles. The Hall–Kier alpha value is -0.960. The van der Waals surface area contributed by atoms with Crippen LogP contribution in [-0.4, -0.2) is 28.0 Å². The minimum Gasteiger partial charge on any atom is -0.455 e. The van der Waals surface area contributed by atoms with Crippen LogP contribution in [-0.2, 0) is 4.75 Å². The minimum atomic E-state index is -0.0945. The van der Waals surface area contributed by atoms with Gasteiger partial charge in [-0.15, -0.1) is 0 Å². The Kier molecular flexibility index (Phi) is 4.33. The number of aliphatic hydroxyl groups is 1. The third-order valence-electron chi connectivity index (χ3n) is 3.44. The van der Waals surface area contributed by atoms with Crippen LogP contribution in [0, 0.1) is 0 Å². The summed E-state index contributed by atoms with van der Waals surface area (Å²) in [6.45, 7) is 6.30. The molecule has 0 unspecified atom stereocenters. The maximum atomic E-state index is 10.3. The van der Waals surface area contributed by atoms with Crippen LogP contribution in [0.5, 0.6) is 0 Å². The number of hydrogen-bond donors (Lipinski definition) is 1. The van der Waals surface area contributed by atoms with Crippen molar-refractivity contribution in [2.45, 2.75) is 37.9 Å². The molecule has 1 aliphatic rings. The first kappa shape index (κ1) is 13.5. The van der Waals surface area contributed by atoms with E-state index in [4.69, 9.17) is 0 Å². The fourth-order valence-electron chi connectivity index (χ4n) is 2.28. The Morgan fingerprint density at radius 3 is 2.33 bits per heavy atom. The molecule has 1 aromatic rings. The molecule has 0 aliphatic carbocycles. The Bertz CT molecular complexity index is 417. The monoisotopic (exact) mass is 264 g/mol. The largest absolute Gasteiger partial charge is 0.455 e. The van der Waals surface area contributed by atoms with E-state index in [1.807, 2.05) is 6.07 Å². The Labute approximate surface area is 114 Å². The zero-order valence-electron chi connectivity index (χ0n) is 11.2. The molecule has 0 atom stereocenters. The van der Waals surface area contributed by atoms with Crippen LogP contribution in [0.3, 0.4) is 0 Å². The number of aliphatic hydroxyl groups excluding tert-OH is 1. The van der Waals surface area contributed by atoms with Crippen molar-refractivity contribution in [2.24, 2.45) is 0 Å². The van der Waals surface area contributed by atoms with Gasteiger partial charge in [0.1, 0.15) is 13.1 Å². The van der Waals surface area contributed by atoms with Gasteiger partial charge >= 0.3 is 5.23 Å². The van der Waals surface area contributed by atoms with Gasteiger partial charge in [0.05, 0.1) is 0 Å². The van der Waals surface area contributed by atoms with Gasteiger partial charge in [-0.05, 0) is 37.6 Å². The molecule has 1 heterocycles. The second kappa shape index (κ2) is 5.79. The van der Waals surface area contributed by atoms with Crippen LogP contribution >= 0.6 is 11.8 Å². The highest BCUT2D eigenvalue weighted by atomic mass is 32.2. The number of hydrogen-bond acceptors (Lipinski definition) is 1. The summed E-state index contributed by atoms with van der Waals surface area (Å²) in [6, 6.07) is 10.4. The average Bonchev–Trinajstić information content (AvgIpc) is 2.40. The summed E-state index contributed by atoms with van der Waals surface area (Å²) < 4.78 is 2.02. The summed E-state index contributed by atoms with van der Waals surface area (Å²) in [5.41, 5.74) is 1.25. The maximum Gasteiger partial charge on any atom is 0.398 e. The molecule has 2 rings (SSSR count). The summed E-state index contributed by atoms with van der Waals surface area (Å²) in [5, 5.41) is 10.8. The molecule has 1 N–H and O–H groups in total. The Balaban J connectivity index is 2.12. The van der Waals surface area contributed by atoms with Gasteiger partial charge in [-0.25, -0.2) is 0 Å². The lowest BCUT2D eigenvalue weighted by Gasteiger charge is -2.22. The van der Waals surface area contributed by atoms with Gasteiger partial charge in [-0.2, -0.15) is 4.58 Å². The first-order valence-corrected chi connectivity index (χ1v) is 7.47.